The second kappa shape index (κ2) is 9.72. The summed E-state index contributed by atoms with van der Waals surface area (Å²) in [6.45, 7) is 3.52. The van der Waals surface area contributed by atoms with Gasteiger partial charge < -0.3 is 15.0 Å². The van der Waals surface area contributed by atoms with Crippen LogP contribution in [0, 0.1) is 0 Å². The number of nitrogens with one attached hydrogen (secondary N) is 2. The number of H-pyrrole nitrogens is 1. The molecular weight excluding hydrogens is 436 g/mol. The minimum atomic E-state index is 0.570. The summed E-state index contributed by atoms with van der Waals surface area (Å²) in [7, 11) is 0. The van der Waals surface area contributed by atoms with E-state index in [2.05, 4.69) is 48.4 Å². The number of ether oxygens (including phenoxy) is 1. The lowest BCUT2D eigenvalue weighted by molar-refractivity contribution is 0.246. The number of rotatable bonds is 7. The van der Waals surface area contributed by atoms with Gasteiger partial charge in [0.05, 0.1) is 5.39 Å². The molecule has 0 bridgehead atoms. The Labute approximate surface area is 204 Å². The van der Waals surface area contributed by atoms with Crippen molar-refractivity contribution < 1.29 is 4.74 Å². The Bertz CT molecular complexity index is 1370. The van der Waals surface area contributed by atoms with E-state index in [0.717, 1.165) is 46.9 Å². The zero-order chi connectivity index (χ0) is 23.5. The molecule has 35 heavy (non-hydrogen) atoms. The zero-order valence-corrected chi connectivity index (χ0v) is 19.6. The largest absolute Gasteiger partial charge is 0.439 e. The van der Waals surface area contributed by atoms with Crippen LogP contribution in [0.4, 0.5) is 11.5 Å². The number of fused-ring (bicyclic) bond motifs is 1. The van der Waals surface area contributed by atoms with E-state index in [0.29, 0.717) is 5.88 Å². The van der Waals surface area contributed by atoms with Crippen LogP contribution in [-0.2, 0) is 0 Å². The number of hydrogen-bond donors (Lipinski definition) is 2. The summed E-state index contributed by atoms with van der Waals surface area (Å²) in [6.07, 6.45) is 12.8. The average Bonchev–Trinajstić information content (AvgIpc) is 3.54. The monoisotopic (exact) mass is 464 g/mol. The lowest BCUT2D eigenvalue weighted by Crippen LogP contribution is -2.31. The molecule has 0 saturated carbocycles. The number of hydrogen-bond acceptors (Lipinski definition) is 6. The molecule has 1 aliphatic heterocycles. The van der Waals surface area contributed by atoms with Crippen LogP contribution in [-0.4, -0.2) is 44.5 Å². The van der Waals surface area contributed by atoms with Crippen molar-refractivity contribution in [2.24, 2.45) is 0 Å². The summed E-state index contributed by atoms with van der Waals surface area (Å²) in [6, 6.07) is 15.5. The second-order valence-electron chi connectivity index (χ2n) is 9.12. The first-order valence-electron chi connectivity index (χ1n) is 12.2. The van der Waals surface area contributed by atoms with Crippen molar-refractivity contribution in [3.05, 3.63) is 84.5 Å². The molecule has 7 heteroatoms. The van der Waals surface area contributed by atoms with E-state index in [4.69, 9.17) is 4.74 Å². The van der Waals surface area contributed by atoms with E-state index in [9.17, 15) is 0 Å². The lowest BCUT2D eigenvalue weighted by atomic mass is 10.1. The van der Waals surface area contributed by atoms with Gasteiger partial charge in [-0.15, -0.1) is 0 Å². The zero-order valence-electron chi connectivity index (χ0n) is 19.6. The molecule has 4 aromatic rings. The third-order valence-corrected chi connectivity index (χ3v) is 6.56. The number of aromatic amines is 1. The molecule has 2 aliphatic rings. The van der Waals surface area contributed by atoms with E-state index >= 15 is 0 Å². The van der Waals surface area contributed by atoms with Crippen LogP contribution in [0.5, 0.6) is 11.6 Å². The van der Waals surface area contributed by atoms with Gasteiger partial charge in [-0.25, -0.2) is 15.0 Å². The van der Waals surface area contributed by atoms with Crippen LogP contribution in [0.15, 0.2) is 78.8 Å². The normalized spacial score (nSPS) is 16.2. The van der Waals surface area contributed by atoms with Crippen molar-refractivity contribution in [1.82, 2.24) is 24.8 Å². The van der Waals surface area contributed by atoms with Gasteiger partial charge in [-0.05, 0) is 74.3 Å². The van der Waals surface area contributed by atoms with Gasteiger partial charge in [-0.1, -0.05) is 30.2 Å². The van der Waals surface area contributed by atoms with Crippen molar-refractivity contribution in [3.8, 4) is 11.6 Å². The van der Waals surface area contributed by atoms with Crippen LogP contribution >= 0.6 is 0 Å². The van der Waals surface area contributed by atoms with Crippen molar-refractivity contribution >= 4 is 28.1 Å². The molecule has 1 saturated heterocycles. The molecule has 1 aliphatic carbocycles. The second-order valence-corrected chi connectivity index (χ2v) is 9.12. The third kappa shape index (κ3) is 4.95. The number of allylic oxidation sites excluding steroid dienone is 3. The molecule has 0 amide bonds. The smallest absolute Gasteiger partial charge is 0.219 e. The van der Waals surface area contributed by atoms with Crippen LogP contribution in [0.25, 0.3) is 16.6 Å². The van der Waals surface area contributed by atoms with Crippen molar-refractivity contribution in [3.63, 3.8) is 0 Å². The SMILES string of the molecule is C1=C(CN2CCCCC2)CC(c2cc3c(Nc4ccc(Oc5ccccn5)cc4)ncnc3[nH]2)=C1. The van der Waals surface area contributed by atoms with E-state index in [1.165, 1.54) is 43.5 Å². The summed E-state index contributed by atoms with van der Waals surface area (Å²) < 4.78 is 5.79. The Morgan fingerprint density at radius 2 is 1.83 bits per heavy atom. The number of piperidine rings is 1. The Balaban J connectivity index is 1.14. The van der Waals surface area contributed by atoms with Crippen LogP contribution < -0.4 is 10.1 Å². The number of aromatic nitrogens is 4. The third-order valence-electron chi connectivity index (χ3n) is 6.56. The molecule has 0 spiro atoms. The highest BCUT2D eigenvalue weighted by molar-refractivity contribution is 5.92. The number of pyridine rings is 1. The maximum atomic E-state index is 5.79. The first kappa shape index (κ1) is 21.6. The molecule has 0 unspecified atom stereocenters. The van der Waals surface area contributed by atoms with Crippen molar-refractivity contribution in [2.45, 2.75) is 25.7 Å². The number of benzene rings is 1. The minimum Gasteiger partial charge on any atom is -0.439 e. The molecule has 2 N–H and O–H groups in total. The van der Waals surface area contributed by atoms with Gasteiger partial charge >= 0.3 is 0 Å². The molecule has 6 rings (SSSR count). The molecule has 7 nitrogen and oxygen atoms in total. The van der Waals surface area contributed by atoms with Gasteiger partial charge in [0.1, 0.15) is 23.5 Å². The van der Waals surface area contributed by atoms with Gasteiger partial charge in [0, 0.05) is 30.2 Å². The van der Waals surface area contributed by atoms with Crippen LogP contribution in [0.1, 0.15) is 31.4 Å². The first-order valence-corrected chi connectivity index (χ1v) is 12.2. The Kier molecular flexibility index (Phi) is 5.99. The van der Waals surface area contributed by atoms with E-state index in [1.807, 2.05) is 42.5 Å². The summed E-state index contributed by atoms with van der Waals surface area (Å²) in [5.41, 5.74) is 5.65. The lowest BCUT2D eigenvalue weighted by Gasteiger charge is -2.26. The maximum absolute atomic E-state index is 5.79. The van der Waals surface area contributed by atoms with Crippen LogP contribution in [0.3, 0.4) is 0 Å². The van der Waals surface area contributed by atoms with E-state index in [-0.39, 0.29) is 0 Å². The fraction of sp³-hybridized carbons (Fsp3) is 0.250. The Hall–Kier alpha value is -3.97. The summed E-state index contributed by atoms with van der Waals surface area (Å²) in [5.74, 6) is 2.07. The summed E-state index contributed by atoms with van der Waals surface area (Å²) >= 11 is 0. The first-order chi connectivity index (χ1) is 17.3. The number of anilines is 2. The summed E-state index contributed by atoms with van der Waals surface area (Å²) in [4.78, 5) is 19.2. The molecule has 3 aromatic heterocycles. The van der Waals surface area contributed by atoms with Crippen LogP contribution in [0.2, 0.25) is 0 Å². The molecule has 1 fully saturated rings. The van der Waals surface area contributed by atoms with Gasteiger partial charge in [0.25, 0.3) is 0 Å². The van der Waals surface area contributed by atoms with Gasteiger partial charge in [-0.2, -0.15) is 0 Å². The number of nitrogens with zero attached hydrogens (tertiary/aromatic N) is 4. The number of likely N-dealkylation sites (tertiary alicyclic amines) is 1. The maximum Gasteiger partial charge on any atom is 0.219 e. The highest BCUT2D eigenvalue weighted by Crippen LogP contribution is 2.33. The standard InChI is InChI=1S/C28H28N6O/c1-4-14-34(15-5-1)18-20-7-8-21(16-20)25-17-24-27(30-19-31-28(24)33-25)32-22-9-11-23(12-10-22)35-26-6-2-3-13-29-26/h2-3,6-13,17,19H,1,4-5,14-16,18H2,(H2,30,31,32,33). The van der Waals surface area contributed by atoms with E-state index in [1.54, 1.807) is 12.5 Å². The fourth-order valence-electron chi connectivity index (χ4n) is 4.76. The topological polar surface area (TPSA) is 79.0 Å². The fourth-order valence-corrected chi connectivity index (χ4v) is 4.76. The summed E-state index contributed by atoms with van der Waals surface area (Å²) in [5, 5.41) is 4.40. The molecule has 0 radical (unpaired) electrons. The van der Waals surface area contributed by atoms with Crippen molar-refractivity contribution in [2.75, 3.05) is 25.0 Å². The molecule has 4 heterocycles. The predicted octanol–water partition coefficient (Wildman–Crippen LogP) is 6.09. The quantitative estimate of drug-likeness (QED) is 0.345. The minimum absolute atomic E-state index is 0.570. The van der Waals surface area contributed by atoms with Crippen molar-refractivity contribution in [1.29, 1.82) is 0 Å². The van der Waals surface area contributed by atoms with Gasteiger partial charge in [0.15, 0.2) is 0 Å². The van der Waals surface area contributed by atoms with Gasteiger partial charge in [-0.3, -0.25) is 4.90 Å². The Morgan fingerprint density at radius 1 is 0.943 bits per heavy atom. The van der Waals surface area contributed by atoms with E-state index < -0.39 is 0 Å². The molecule has 176 valence electrons. The predicted molar refractivity (Wildman–Crippen MR) is 139 cm³/mol. The highest BCUT2D eigenvalue weighted by Gasteiger charge is 2.18. The van der Waals surface area contributed by atoms with Gasteiger partial charge in [0.2, 0.25) is 5.88 Å². The average molecular weight is 465 g/mol. The molecule has 0 atom stereocenters. The molecule has 1 aromatic carbocycles. The highest BCUT2D eigenvalue weighted by atomic mass is 16.5. The Morgan fingerprint density at radius 3 is 2.66 bits per heavy atom. The molecular formula is C28H28N6O.